The standard InChI is InChI=1S/C17H25N3O3/c1-13-11-20(12-14(2)23-13)16-5-3-15(4-6-16)18-17(21)19-7-9-22-10-8-19/h3-6,13-14H,7-12H2,1-2H3,(H,18,21)/t13-,14+. The zero-order valence-corrected chi connectivity index (χ0v) is 13.8. The third kappa shape index (κ3) is 4.14. The normalized spacial score (nSPS) is 25.3. The minimum atomic E-state index is -0.0605. The van der Waals surface area contributed by atoms with Crippen LogP contribution in [0.1, 0.15) is 13.8 Å². The summed E-state index contributed by atoms with van der Waals surface area (Å²) < 4.78 is 11.0. The number of nitrogens with zero attached hydrogens (tertiary/aromatic N) is 2. The van der Waals surface area contributed by atoms with Gasteiger partial charge in [0.05, 0.1) is 25.4 Å². The Morgan fingerprint density at radius 2 is 1.70 bits per heavy atom. The summed E-state index contributed by atoms with van der Waals surface area (Å²) in [5, 5.41) is 2.95. The van der Waals surface area contributed by atoms with Crippen LogP contribution >= 0.6 is 0 Å². The molecule has 6 nitrogen and oxygen atoms in total. The van der Waals surface area contributed by atoms with Crippen molar-refractivity contribution in [2.24, 2.45) is 0 Å². The summed E-state index contributed by atoms with van der Waals surface area (Å²) in [5.41, 5.74) is 1.98. The number of carbonyl (C=O) groups excluding carboxylic acids is 1. The zero-order chi connectivity index (χ0) is 16.2. The maximum atomic E-state index is 12.2. The van der Waals surface area contributed by atoms with Gasteiger partial charge in [0.15, 0.2) is 0 Å². The first kappa shape index (κ1) is 16.1. The largest absolute Gasteiger partial charge is 0.378 e. The lowest BCUT2D eigenvalue weighted by atomic mass is 10.2. The molecule has 126 valence electrons. The maximum Gasteiger partial charge on any atom is 0.321 e. The molecule has 0 radical (unpaired) electrons. The number of anilines is 2. The lowest BCUT2D eigenvalue weighted by molar-refractivity contribution is -0.00521. The molecular weight excluding hydrogens is 294 g/mol. The number of hydrogen-bond donors (Lipinski definition) is 1. The molecular formula is C17H25N3O3. The highest BCUT2D eigenvalue weighted by Gasteiger charge is 2.22. The molecule has 6 heteroatoms. The van der Waals surface area contributed by atoms with Crippen LogP contribution in [0.2, 0.25) is 0 Å². The number of benzene rings is 1. The molecule has 0 spiro atoms. The van der Waals surface area contributed by atoms with E-state index in [1.54, 1.807) is 4.90 Å². The van der Waals surface area contributed by atoms with Crippen molar-refractivity contribution in [1.82, 2.24) is 4.90 Å². The Morgan fingerprint density at radius 3 is 2.30 bits per heavy atom. The van der Waals surface area contributed by atoms with Gasteiger partial charge >= 0.3 is 6.03 Å². The molecule has 0 saturated carbocycles. The number of ether oxygens (including phenoxy) is 2. The van der Waals surface area contributed by atoms with Crippen molar-refractivity contribution in [2.45, 2.75) is 26.1 Å². The number of hydrogen-bond acceptors (Lipinski definition) is 4. The molecule has 3 rings (SSSR count). The molecule has 2 heterocycles. The number of rotatable bonds is 2. The average molecular weight is 319 g/mol. The fourth-order valence-electron chi connectivity index (χ4n) is 3.11. The van der Waals surface area contributed by atoms with E-state index in [9.17, 15) is 4.79 Å². The van der Waals surface area contributed by atoms with Gasteiger partial charge in [0.1, 0.15) is 0 Å². The molecule has 0 aliphatic carbocycles. The minimum Gasteiger partial charge on any atom is -0.378 e. The van der Waals surface area contributed by atoms with Gasteiger partial charge in [-0.15, -0.1) is 0 Å². The number of nitrogens with one attached hydrogen (secondary N) is 1. The molecule has 2 aliphatic rings. The van der Waals surface area contributed by atoms with Gasteiger partial charge in [0, 0.05) is 37.6 Å². The van der Waals surface area contributed by atoms with Crippen LogP contribution < -0.4 is 10.2 Å². The molecule has 1 aromatic carbocycles. The van der Waals surface area contributed by atoms with E-state index in [4.69, 9.17) is 9.47 Å². The zero-order valence-electron chi connectivity index (χ0n) is 13.8. The highest BCUT2D eigenvalue weighted by atomic mass is 16.5. The molecule has 23 heavy (non-hydrogen) atoms. The van der Waals surface area contributed by atoms with E-state index in [0.717, 1.165) is 24.5 Å². The van der Waals surface area contributed by atoms with E-state index in [2.05, 4.69) is 36.2 Å². The minimum absolute atomic E-state index is 0.0605. The summed E-state index contributed by atoms with van der Waals surface area (Å²) in [7, 11) is 0. The molecule has 0 unspecified atom stereocenters. The van der Waals surface area contributed by atoms with Crippen molar-refractivity contribution in [2.75, 3.05) is 49.6 Å². The topological polar surface area (TPSA) is 54.0 Å². The van der Waals surface area contributed by atoms with Crippen LogP contribution in [0.3, 0.4) is 0 Å². The van der Waals surface area contributed by atoms with Crippen LogP contribution in [0.4, 0.5) is 16.2 Å². The lowest BCUT2D eigenvalue weighted by Gasteiger charge is -2.37. The third-order valence-corrected chi connectivity index (χ3v) is 4.20. The predicted molar refractivity (Wildman–Crippen MR) is 90.1 cm³/mol. The van der Waals surface area contributed by atoms with Crippen molar-refractivity contribution in [3.05, 3.63) is 24.3 Å². The number of urea groups is 1. The van der Waals surface area contributed by atoms with E-state index in [0.29, 0.717) is 26.3 Å². The second kappa shape index (κ2) is 7.19. The smallest absolute Gasteiger partial charge is 0.321 e. The van der Waals surface area contributed by atoms with Gasteiger partial charge in [-0.25, -0.2) is 4.79 Å². The summed E-state index contributed by atoms with van der Waals surface area (Å²) in [5.74, 6) is 0. The van der Waals surface area contributed by atoms with Crippen molar-refractivity contribution in [1.29, 1.82) is 0 Å². The fraction of sp³-hybridized carbons (Fsp3) is 0.588. The van der Waals surface area contributed by atoms with E-state index >= 15 is 0 Å². The molecule has 2 atom stereocenters. The Kier molecular flexibility index (Phi) is 5.03. The molecule has 2 fully saturated rings. The van der Waals surface area contributed by atoms with Crippen molar-refractivity contribution in [3.63, 3.8) is 0 Å². The van der Waals surface area contributed by atoms with Crippen molar-refractivity contribution >= 4 is 17.4 Å². The Labute approximate surface area is 137 Å². The summed E-state index contributed by atoms with van der Waals surface area (Å²) in [6.07, 6.45) is 0.471. The SMILES string of the molecule is C[C@@H]1CN(c2ccc(NC(=O)N3CCOCC3)cc2)C[C@H](C)O1. The highest BCUT2D eigenvalue weighted by molar-refractivity contribution is 5.89. The van der Waals surface area contributed by atoms with E-state index in [-0.39, 0.29) is 18.2 Å². The molecule has 2 aliphatic heterocycles. The maximum absolute atomic E-state index is 12.2. The fourth-order valence-corrected chi connectivity index (χ4v) is 3.11. The Bertz CT molecular complexity index is 518. The first-order chi connectivity index (χ1) is 11.1. The van der Waals surface area contributed by atoms with Crippen LogP contribution in [0.25, 0.3) is 0 Å². The molecule has 0 aromatic heterocycles. The quantitative estimate of drug-likeness (QED) is 0.908. The van der Waals surface area contributed by atoms with E-state index in [1.807, 2.05) is 12.1 Å². The van der Waals surface area contributed by atoms with Crippen LogP contribution in [0.15, 0.2) is 24.3 Å². The molecule has 1 aromatic rings. The Morgan fingerprint density at radius 1 is 1.09 bits per heavy atom. The molecule has 2 saturated heterocycles. The van der Waals surface area contributed by atoms with Gasteiger partial charge in [-0.2, -0.15) is 0 Å². The van der Waals surface area contributed by atoms with Crippen molar-refractivity contribution < 1.29 is 14.3 Å². The van der Waals surface area contributed by atoms with E-state index in [1.165, 1.54) is 0 Å². The summed E-state index contributed by atoms with van der Waals surface area (Å²) in [4.78, 5) is 16.3. The first-order valence-corrected chi connectivity index (χ1v) is 8.26. The Balaban J connectivity index is 1.59. The third-order valence-electron chi connectivity index (χ3n) is 4.20. The van der Waals surface area contributed by atoms with Crippen LogP contribution in [-0.2, 0) is 9.47 Å². The van der Waals surface area contributed by atoms with Gasteiger partial charge in [0.25, 0.3) is 0 Å². The highest BCUT2D eigenvalue weighted by Crippen LogP contribution is 2.22. The first-order valence-electron chi connectivity index (χ1n) is 8.26. The molecule has 0 bridgehead atoms. The monoisotopic (exact) mass is 319 g/mol. The van der Waals surface area contributed by atoms with Gasteiger partial charge < -0.3 is 24.6 Å². The van der Waals surface area contributed by atoms with Crippen LogP contribution in [0.5, 0.6) is 0 Å². The van der Waals surface area contributed by atoms with Gasteiger partial charge in [0.2, 0.25) is 0 Å². The number of carbonyl (C=O) groups is 1. The van der Waals surface area contributed by atoms with Gasteiger partial charge in [-0.3, -0.25) is 0 Å². The van der Waals surface area contributed by atoms with Crippen LogP contribution in [-0.4, -0.2) is 62.5 Å². The summed E-state index contributed by atoms with van der Waals surface area (Å²) >= 11 is 0. The second-order valence-electron chi connectivity index (χ2n) is 6.24. The summed E-state index contributed by atoms with van der Waals surface area (Å²) in [6.45, 7) is 8.49. The number of morpholine rings is 2. The summed E-state index contributed by atoms with van der Waals surface area (Å²) in [6, 6.07) is 7.96. The molecule has 2 amide bonds. The van der Waals surface area contributed by atoms with E-state index < -0.39 is 0 Å². The molecule has 1 N–H and O–H groups in total. The van der Waals surface area contributed by atoms with Crippen molar-refractivity contribution in [3.8, 4) is 0 Å². The van der Waals surface area contributed by atoms with Gasteiger partial charge in [-0.05, 0) is 38.1 Å². The second-order valence-corrected chi connectivity index (χ2v) is 6.24. The van der Waals surface area contributed by atoms with Crippen LogP contribution in [0, 0.1) is 0 Å². The average Bonchev–Trinajstić information content (AvgIpc) is 2.55. The lowest BCUT2D eigenvalue weighted by Crippen LogP contribution is -2.45. The predicted octanol–water partition coefficient (Wildman–Crippen LogP) is 2.16. The number of amides is 2. The van der Waals surface area contributed by atoms with Gasteiger partial charge in [-0.1, -0.05) is 0 Å². The Hall–Kier alpha value is -1.79.